The van der Waals surface area contributed by atoms with Crippen molar-refractivity contribution in [3.8, 4) is 11.8 Å². The Hall–Kier alpha value is -2.09. The number of carbonyl (C=O) groups is 1. The van der Waals surface area contributed by atoms with Crippen LogP contribution in [0.25, 0.3) is 0 Å². The van der Waals surface area contributed by atoms with E-state index in [-0.39, 0.29) is 18.6 Å². The molecule has 0 aliphatic rings. The second-order valence-electron chi connectivity index (χ2n) is 4.76. The van der Waals surface area contributed by atoms with Gasteiger partial charge in [0.15, 0.2) is 0 Å². The Morgan fingerprint density at radius 2 is 2.24 bits per heavy atom. The monoisotopic (exact) mass is 299 g/mol. The third kappa shape index (κ3) is 3.94. The van der Waals surface area contributed by atoms with Crippen molar-refractivity contribution in [1.82, 2.24) is 5.32 Å². The fraction of sp³-hybridized carbons (Fsp3) is 0.235. The number of benzene rings is 1. The second-order valence-corrected chi connectivity index (χ2v) is 5.54. The van der Waals surface area contributed by atoms with Gasteiger partial charge in [-0.1, -0.05) is 23.5 Å². The zero-order valence-corrected chi connectivity index (χ0v) is 12.8. The number of aliphatic hydroxyl groups is 1. The van der Waals surface area contributed by atoms with Crippen molar-refractivity contribution in [3.05, 3.63) is 57.3 Å². The highest BCUT2D eigenvalue weighted by Gasteiger charge is 2.14. The maximum Gasteiger partial charge on any atom is 0.253 e. The van der Waals surface area contributed by atoms with Crippen LogP contribution in [0.5, 0.6) is 0 Å². The minimum absolute atomic E-state index is 0.0529. The van der Waals surface area contributed by atoms with E-state index in [1.807, 2.05) is 48.9 Å². The molecule has 2 rings (SSSR count). The van der Waals surface area contributed by atoms with E-state index in [0.29, 0.717) is 11.1 Å². The lowest BCUT2D eigenvalue weighted by Gasteiger charge is -2.14. The molecule has 4 heteroatoms. The van der Waals surface area contributed by atoms with Crippen molar-refractivity contribution < 1.29 is 9.90 Å². The van der Waals surface area contributed by atoms with E-state index in [2.05, 4.69) is 17.2 Å². The van der Waals surface area contributed by atoms with Gasteiger partial charge in [0, 0.05) is 5.56 Å². The molecular formula is C17H17NO2S. The summed E-state index contributed by atoms with van der Waals surface area (Å²) in [5.41, 5.74) is 3.25. The van der Waals surface area contributed by atoms with E-state index in [1.165, 1.54) is 0 Å². The zero-order chi connectivity index (χ0) is 15.2. The minimum Gasteiger partial charge on any atom is -0.384 e. The van der Waals surface area contributed by atoms with E-state index in [1.54, 1.807) is 11.3 Å². The van der Waals surface area contributed by atoms with Crippen molar-refractivity contribution in [2.75, 3.05) is 6.61 Å². The Labute approximate surface area is 128 Å². The van der Waals surface area contributed by atoms with E-state index < -0.39 is 0 Å². The van der Waals surface area contributed by atoms with E-state index >= 15 is 0 Å². The molecule has 0 fully saturated rings. The van der Waals surface area contributed by atoms with Crippen LogP contribution in [0, 0.1) is 18.8 Å². The molecule has 0 radical (unpaired) electrons. The highest BCUT2D eigenvalue weighted by Crippen LogP contribution is 2.17. The maximum absolute atomic E-state index is 12.4. The number of hydrogen-bond acceptors (Lipinski definition) is 3. The van der Waals surface area contributed by atoms with Gasteiger partial charge in [0.2, 0.25) is 0 Å². The van der Waals surface area contributed by atoms with Gasteiger partial charge < -0.3 is 10.4 Å². The summed E-state index contributed by atoms with van der Waals surface area (Å²) in [6.07, 6.45) is 0. The number of rotatable bonds is 3. The fourth-order valence-electron chi connectivity index (χ4n) is 1.97. The number of thiophene rings is 1. The fourth-order valence-corrected chi connectivity index (χ4v) is 2.72. The van der Waals surface area contributed by atoms with Crippen LogP contribution in [-0.4, -0.2) is 17.6 Å². The van der Waals surface area contributed by atoms with E-state index in [4.69, 9.17) is 5.11 Å². The number of hydrogen-bond donors (Lipinski definition) is 2. The molecular weight excluding hydrogens is 282 g/mol. The minimum atomic E-state index is -0.222. The molecule has 0 bridgehead atoms. The first-order valence-corrected chi connectivity index (χ1v) is 7.59. The van der Waals surface area contributed by atoms with E-state index in [0.717, 1.165) is 11.1 Å². The molecule has 1 aromatic carbocycles. The van der Waals surface area contributed by atoms with Crippen LogP contribution >= 0.6 is 11.3 Å². The number of nitrogens with one attached hydrogen (secondary N) is 1. The second kappa shape index (κ2) is 7.07. The molecule has 1 amide bonds. The summed E-state index contributed by atoms with van der Waals surface area (Å²) in [5.74, 6) is 5.25. The van der Waals surface area contributed by atoms with Crippen LogP contribution in [0.3, 0.4) is 0 Å². The van der Waals surface area contributed by atoms with Crippen LogP contribution in [0.4, 0.5) is 0 Å². The third-order valence-corrected chi connectivity index (χ3v) is 3.81. The topological polar surface area (TPSA) is 49.3 Å². The van der Waals surface area contributed by atoms with Gasteiger partial charge >= 0.3 is 0 Å². The number of amides is 1. The van der Waals surface area contributed by atoms with Gasteiger partial charge in [-0.3, -0.25) is 4.79 Å². The van der Waals surface area contributed by atoms with Gasteiger partial charge in [0.05, 0.1) is 11.6 Å². The van der Waals surface area contributed by atoms with Gasteiger partial charge in [-0.25, -0.2) is 0 Å². The predicted octanol–water partition coefficient (Wildman–Crippen LogP) is 2.89. The number of carbonyl (C=O) groups excluding carboxylic acids is 1. The summed E-state index contributed by atoms with van der Waals surface area (Å²) in [4.78, 5) is 12.4. The van der Waals surface area contributed by atoms with Crippen LogP contribution in [0.15, 0.2) is 35.0 Å². The highest BCUT2D eigenvalue weighted by atomic mass is 32.1. The lowest BCUT2D eigenvalue weighted by molar-refractivity contribution is 0.0939. The molecule has 2 N–H and O–H groups in total. The van der Waals surface area contributed by atoms with E-state index in [9.17, 15) is 4.79 Å². The molecule has 21 heavy (non-hydrogen) atoms. The average molecular weight is 299 g/mol. The van der Waals surface area contributed by atoms with Crippen LogP contribution in [0.1, 0.15) is 40.0 Å². The number of aryl methyl sites for hydroxylation is 1. The number of aliphatic hydroxyl groups excluding tert-OH is 1. The maximum atomic E-state index is 12.4. The van der Waals surface area contributed by atoms with Gasteiger partial charge in [-0.15, -0.1) is 0 Å². The van der Waals surface area contributed by atoms with Crippen molar-refractivity contribution in [2.45, 2.75) is 19.9 Å². The zero-order valence-electron chi connectivity index (χ0n) is 12.0. The summed E-state index contributed by atoms with van der Waals surface area (Å²) in [6, 6.07) is 7.47. The van der Waals surface area contributed by atoms with Crippen molar-refractivity contribution in [1.29, 1.82) is 0 Å². The Bertz CT molecular complexity index is 681. The summed E-state index contributed by atoms with van der Waals surface area (Å²) < 4.78 is 0. The van der Waals surface area contributed by atoms with Crippen LogP contribution in [-0.2, 0) is 0 Å². The lowest BCUT2D eigenvalue weighted by atomic mass is 10.0. The summed E-state index contributed by atoms with van der Waals surface area (Å²) >= 11 is 1.61. The molecule has 2 aromatic rings. The summed E-state index contributed by atoms with van der Waals surface area (Å²) in [6.45, 7) is 3.66. The SMILES string of the molecule is Cc1ccc(C#CCO)c(C(=O)NC(C)c2ccsc2)c1. The van der Waals surface area contributed by atoms with Gasteiger partial charge in [0.25, 0.3) is 5.91 Å². The molecule has 0 aliphatic heterocycles. The molecule has 1 unspecified atom stereocenters. The Morgan fingerprint density at radius 3 is 2.90 bits per heavy atom. The first kappa shape index (κ1) is 15.3. The lowest BCUT2D eigenvalue weighted by Crippen LogP contribution is -2.27. The highest BCUT2D eigenvalue weighted by molar-refractivity contribution is 7.07. The summed E-state index contributed by atoms with van der Waals surface area (Å²) in [7, 11) is 0. The molecule has 1 heterocycles. The Balaban J connectivity index is 2.24. The smallest absolute Gasteiger partial charge is 0.253 e. The van der Waals surface area contributed by atoms with Crippen molar-refractivity contribution in [3.63, 3.8) is 0 Å². The van der Waals surface area contributed by atoms with Gasteiger partial charge in [0.1, 0.15) is 6.61 Å². The standard InChI is InChI=1S/C17H17NO2S/c1-12-5-6-14(4-3-8-19)16(10-12)17(20)18-13(2)15-7-9-21-11-15/h5-7,9-11,13,19H,8H2,1-2H3,(H,18,20). The molecule has 0 aliphatic carbocycles. The quantitative estimate of drug-likeness (QED) is 0.856. The molecule has 1 aromatic heterocycles. The van der Waals surface area contributed by atoms with Crippen LogP contribution in [0.2, 0.25) is 0 Å². The molecule has 108 valence electrons. The molecule has 0 saturated carbocycles. The van der Waals surface area contributed by atoms with Gasteiger partial charge in [-0.2, -0.15) is 11.3 Å². The van der Waals surface area contributed by atoms with Gasteiger partial charge in [-0.05, 0) is 48.4 Å². The molecule has 3 nitrogen and oxygen atoms in total. The normalized spacial score (nSPS) is 11.4. The summed E-state index contributed by atoms with van der Waals surface area (Å²) in [5, 5.41) is 15.8. The Kier molecular flexibility index (Phi) is 5.15. The Morgan fingerprint density at radius 1 is 1.43 bits per heavy atom. The molecule has 0 saturated heterocycles. The third-order valence-electron chi connectivity index (χ3n) is 3.11. The van der Waals surface area contributed by atoms with Crippen molar-refractivity contribution >= 4 is 17.2 Å². The largest absolute Gasteiger partial charge is 0.384 e. The first-order valence-electron chi connectivity index (χ1n) is 6.65. The molecule has 1 atom stereocenters. The van der Waals surface area contributed by atoms with Crippen LogP contribution < -0.4 is 5.32 Å². The average Bonchev–Trinajstić information content (AvgIpc) is 3.00. The van der Waals surface area contributed by atoms with Crippen molar-refractivity contribution in [2.24, 2.45) is 0 Å². The first-order chi connectivity index (χ1) is 10.1. The molecule has 0 spiro atoms. The predicted molar refractivity (Wildman–Crippen MR) is 85.3 cm³/mol.